The number of rotatable bonds is 3. The average Bonchev–Trinajstić information content (AvgIpc) is 2.93. The van der Waals surface area contributed by atoms with Crippen molar-refractivity contribution in [2.24, 2.45) is 0 Å². The number of amides is 1. The maximum atomic E-state index is 12.4. The Bertz CT molecular complexity index is 814. The number of carbonyl (C=O) groups excluding carboxylic acids is 1. The molecule has 0 radical (unpaired) electrons. The number of aromatic nitrogens is 1. The van der Waals surface area contributed by atoms with Gasteiger partial charge in [0.1, 0.15) is 4.88 Å². The summed E-state index contributed by atoms with van der Waals surface area (Å²) in [5.41, 5.74) is 2.12. The summed E-state index contributed by atoms with van der Waals surface area (Å²) in [6, 6.07) is 7.73. The van der Waals surface area contributed by atoms with Crippen LogP contribution in [0.4, 0.5) is 0 Å². The minimum Gasteiger partial charge on any atom is -0.267 e. The summed E-state index contributed by atoms with van der Waals surface area (Å²) >= 11 is 1.17. The minimum atomic E-state index is -3.85. The number of hydrogen-bond acceptors (Lipinski definition) is 5. The largest absolute Gasteiger partial charge is 0.304 e. The number of aryl methyl sites for hydroxylation is 1. The van der Waals surface area contributed by atoms with E-state index in [1.54, 1.807) is 6.92 Å². The maximum absolute atomic E-state index is 12.4. The highest BCUT2D eigenvalue weighted by Gasteiger charge is 2.28. The van der Waals surface area contributed by atoms with Crippen molar-refractivity contribution in [2.75, 3.05) is 6.54 Å². The van der Waals surface area contributed by atoms with Gasteiger partial charge >= 0.3 is 10.2 Å². The monoisotopic (exact) mass is 337 g/mol. The summed E-state index contributed by atoms with van der Waals surface area (Å²) in [6.07, 6.45) is 2.03. The molecule has 1 amide bonds. The van der Waals surface area contributed by atoms with Crippen LogP contribution in [0, 0.1) is 6.92 Å². The Morgan fingerprint density at radius 2 is 2.05 bits per heavy atom. The van der Waals surface area contributed by atoms with Crippen LogP contribution in [0.3, 0.4) is 0 Å². The van der Waals surface area contributed by atoms with Crippen molar-refractivity contribution < 1.29 is 13.2 Å². The Labute approximate surface area is 133 Å². The van der Waals surface area contributed by atoms with Crippen LogP contribution < -0.4 is 4.72 Å². The van der Waals surface area contributed by atoms with Gasteiger partial charge in [0.25, 0.3) is 5.91 Å². The molecule has 0 unspecified atom stereocenters. The van der Waals surface area contributed by atoms with E-state index < -0.39 is 16.1 Å². The lowest BCUT2D eigenvalue weighted by molar-refractivity contribution is 0.0982. The van der Waals surface area contributed by atoms with Crippen LogP contribution in [0.25, 0.3) is 0 Å². The summed E-state index contributed by atoms with van der Waals surface area (Å²) in [5.74, 6) is -0.635. The third-order valence-corrected chi connectivity index (χ3v) is 5.85. The summed E-state index contributed by atoms with van der Waals surface area (Å²) in [6.45, 7) is 2.40. The first-order chi connectivity index (χ1) is 10.5. The SMILES string of the molecule is Cc1ncc(C(=O)NS(=O)(=O)N2CCc3ccccc3C2)s1. The second-order valence-electron chi connectivity index (χ2n) is 5.03. The lowest BCUT2D eigenvalue weighted by atomic mass is 10.0. The van der Waals surface area contributed by atoms with Crippen LogP contribution in [-0.4, -0.2) is 30.2 Å². The Morgan fingerprint density at radius 3 is 2.73 bits per heavy atom. The minimum absolute atomic E-state index is 0.278. The van der Waals surface area contributed by atoms with Crippen LogP contribution in [0.1, 0.15) is 25.8 Å². The van der Waals surface area contributed by atoms with Crippen molar-refractivity contribution in [1.29, 1.82) is 0 Å². The van der Waals surface area contributed by atoms with Crippen molar-refractivity contribution in [3.8, 4) is 0 Å². The number of fused-ring (bicyclic) bond motifs is 1. The van der Waals surface area contributed by atoms with Gasteiger partial charge in [-0.3, -0.25) is 4.79 Å². The van der Waals surface area contributed by atoms with Gasteiger partial charge < -0.3 is 0 Å². The number of benzene rings is 1. The molecule has 1 aromatic heterocycles. The normalized spacial score (nSPS) is 15.3. The molecule has 3 rings (SSSR count). The molecule has 22 heavy (non-hydrogen) atoms. The highest BCUT2D eigenvalue weighted by atomic mass is 32.2. The van der Waals surface area contributed by atoms with E-state index in [9.17, 15) is 13.2 Å². The van der Waals surface area contributed by atoms with Gasteiger partial charge in [0.2, 0.25) is 0 Å². The molecule has 0 fully saturated rings. The third-order valence-electron chi connectivity index (χ3n) is 3.50. The Morgan fingerprint density at radius 1 is 1.32 bits per heavy atom. The molecule has 1 aliphatic rings. The molecule has 8 heteroatoms. The molecule has 6 nitrogen and oxygen atoms in total. The van der Waals surface area contributed by atoms with Crippen LogP contribution >= 0.6 is 11.3 Å². The molecule has 1 aliphatic heterocycles. The number of nitrogens with zero attached hydrogens (tertiary/aromatic N) is 2. The molecule has 0 bridgehead atoms. The first-order valence-corrected chi connectivity index (χ1v) is 9.03. The molecule has 0 saturated carbocycles. The molecule has 1 aromatic carbocycles. The van der Waals surface area contributed by atoms with Gasteiger partial charge in [-0.25, -0.2) is 9.71 Å². The number of thiazole rings is 1. The third kappa shape index (κ3) is 3.03. The van der Waals surface area contributed by atoms with E-state index in [2.05, 4.69) is 9.71 Å². The van der Waals surface area contributed by atoms with E-state index in [1.165, 1.54) is 21.8 Å². The Balaban J connectivity index is 1.75. The van der Waals surface area contributed by atoms with Gasteiger partial charge in [0, 0.05) is 13.1 Å². The first-order valence-electron chi connectivity index (χ1n) is 6.77. The molecule has 116 valence electrons. The van der Waals surface area contributed by atoms with Crippen molar-refractivity contribution in [2.45, 2.75) is 19.9 Å². The molecule has 0 atom stereocenters. The molecular weight excluding hydrogens is 322 g/mol. The van der Waals surface area contributed by atoms with E-state index in [-0.39, 0.29) is 6.54 Å². The number of nitrogens with one attached hydrogen (secondary N) is 1. The smallest absolute Gasteiger partial charge is 0.267 e. The van der Waals surface area contributed by atoms with Crippen molar-refractivity contribution in [3.63, 3.8) is 0 Å². The Hall–Kier alpha value is -1.77. The second-order valence-corrected chi connectivity index (χ2v) is 7.94. The van der Waals surface area contributed by atoms with E-state index in [4.69, 9.17) is 0 Å². The molecular formula is C14H15N3O3S2. The fourth-order valence-electron chi connectivity index (χ4n) is 2.37. The maximum Gasteiger partial charge on any atom is 0.304 e. The van der Waals surface area contributed by atoms with E-state index in [0.29, 0.717) is 17.8 Å². The predicted octanol–water partition coefficient (Wildman–Crippen LogP) is 1.48. The van der Waals surface area contributed by atoms with Gasteiger partial charge in [0.05, 0.1) is 11.2 Å². The van der Waals surface area contributed by atoms with Crippen LogP contribution in [-0.2, 0) is 23.2 Å². The van der Waals surface area contributed by atoms with Crippen molar-refractivity contribution >= 4 is 27.5 Å². The zero-order valence-corrected chi connectivity index (χ0v) is 13.6. The van der Waals surface area contributed by atoms with E-state index in [0.717, 1.165) is 16.1 Å². The fourth-order valence-corrected chi connectivity index (χ4v) is 4.22. The summed E-state index contributed by atoms with van der Waals surface area (Å²) in [4.78, 5) is 16.3. The van der Waals surface area contributed by atoms with Crippen LogP contribution in [0.2, 0.25) is 0 Å². The molecule has 2 aromatic rings. The van der Waals surface area contributed by atoms with Crippen LogP contribution in [0.15, 0.2) is 30.5 Å². The second kappa shape index (κ2) is 5.79. The van der Waals surface area contributed by atoms with Crippen molar-refractivity contribution in [1.82, 2.24) is 14.0 Å². The number of hydrogen-bond donors (Lipinski definition) is 1. The van der Waals surface area contributed by atoms with E-state index in [1.807, 2.05) is 24.3 Å². The molecule has 0 spiro atoms. The highest BCUT2D eigenvalue weighted by Crippen LogP contribution is 2.20. The molecule has 2 heterocycles. The zero-order valence-electron chi connectivity index (χ0n) is 11.9. The standard InChI is InChI=1S/C14H15N3O3S2/c1-10-15-8-13(21-10)14(18)16-22(19,20)17-7-6-11-4-2-3-5-12(11)9-17/h2-5,8H,6-7,9H2,1H3,(H,16,18). The van der Waals surface area contributed by atoms with Gasteiger partial charge in [0.15, 0.2) is 0 Å². The van der Waals surface area contributed by atoms with Gasteiger partial charge in [-0.05, 0) is 24.5 Å². The molecule has 1 N–H and O–H groups in total. The Kier molecular flexibility index (Phi) is 3.98. The van der Waals surface area contributed by atoms with Gasteiger partial charge in [-0.1, -0.05) is 24.3 Å². The quantitative estimate of drug-likeness (QED) is 0.920. The highest BCUT2D eigenvalue weighted by molar-refractivity contribution is 7.87. The summed E-state index contributed by atoms with van der Waals surface area (Å²) in [7, 11) is -3.85. The van der Waals surface area contributed by atoms with Gasteiger partial charge in [-0.15, -0.1) is 11.3 Å². The summed E-state index contributed by atoms with van der Waals surface area (Å²) in [5, 5.41) is 0.717. The van der Waals surface area contributed by atoms with E-state index >= 15 is 0 Å². The average molecular weight is 337 g/mol. The summed E-state index contributed by atoms with van der Waals surface area (Å²) < 4.78 is 28.1. The predicted molar refractivity (Wildman–Crippen MR) is 83.8 cm³/mol. The molecule has 0 aliphatic carbocycles. The van der Waals surface area contributed by atoms with Crippen LogP contribution in [0.5, 0.6) is 0 Å². The lowest BCUT2D eigenvalue weighted by Crippen LogP contribution is -2.45. The van der Waals surface area contributed by atoms with Crippen molar-refractivity contribution in [3.05, 3.63) is 51.5 Å². The first kappa shape index (κ1) is 15.1. The topological polar surface area (TPSA) is 79.4 Å². The fraction of sp³-hybridized carbons (Fsp3) is 0.286. The zero-order chi connectivity index (χ0) is 15.7. The lowest BCUT2D eigenvalue weighted by Gasteiger charge is -2.27. The number of carbonyl (C=O) groups is 1. The van der Waals surface area contributed by atoms with Gasteiger partial charge in [-0.2, -0.15) is 12.7 Å². The molecule has 0 saturated heterocycles.